The molecule has 0 aromatic heterocycles. The number of nitrogens with two attached hydrogens (primary N) is 2. The van der Waals surface area contributed by atoms with Crippen LogP contribution in [0.3, 0.4) is 0 Å². The number of rotatable bonds is 8. The van der Waals surface area contributed by atoms with Crippen molar-refractivity contribution >= 4 is 6.08 Å². The van der Waals surface area contributed by atoms with Crippen LogP contribution >= 0.6 is 0 Å². The third kappa shape index (κ3) is 5.93. The molecule has 0 radical (unpaired) electrons. The Kier molecular flexibility index (Phi) is 7.70. The summed E-state index contributed by atoms with van der Waals surface area (Å²) >= 11 is 0. The Balaban J connectivity index is 1.39. The molecule has 4 N–H and O–H groups in total. The van der Waals surface area contributed by atoms with Gasteiger partial charge in [-0.3, -0.25) is 0 Å². The molecule has 2 aliphatic heterocycles. The molecule has 7 nitrogen and oxygen atoms in total. The fourth-order valence-electron chi connectivity index (χ4n) is 3.32. The zero-order chi connectivity index (χ0) is 19.8. The van der Waals surface area contributed by atoms with Gasteiger partial charge in [-0.05, 0) is 56.0 Å². The van der Waals surface area contributed by atoms with Crippen LogP contribution in [0.25, 0.3) is 6.08 Å². The summed E-state index contributed by atoms with van der Waals surface area (Å²) in [5, 5.41) is 0. The summed E-state index contributed by atoms with van der Waals surface area (Å²) in [6.45, 7) is 2.89. The summed E-state index contributed by atoms with van der Waals surface area (Å²) in [4.78, 5) is 0. The Morgan fingerprint density at radius 2 is 1.61 bits per heavy atom. The maximum absolute atomic E-state index is 6.17. The molecule has 3 rings (SSSR count). The Labute approximate surface area is 166 Å². The van der Waals surface area contributed by atoms with Gasteiger partial charge in [0.1, 0.15) is 5.75 Å². The zero-order valence-corrected chi connectivity index (χ0v) is 16.6. The second-order valence-electron chi connectivity index (χ2n) is 7.44. The molecule has 0 atom stereocenters. The van der Waals surface area contributed by atoms with Crippen LogP contribution in [-0.4, -0.2) is 46.2 Å². The van der Waals surface area contributed by atoms with Crippen molar-refractivity contribution in [2.45, 2.75) is 31.8 Å². The van der Waals surface area contributed by atoms with E-state index in [1.807, 2.05) is 30.3 Å². The van der Waals surface area contributed by atoms with Crippen LogP contribution in [0.4, 0.5) is 0 Å². The van der Waals surface area contributed by atoms with Gasteiger partial charge in [0.05, 0.1) is 33.5 Å². The van der Waals surface area contributed by atoms with Gasteiger partial charge in [-0.25, -0.2) is 0 Å². The number of hydrogen-bond acceptors (Lipinski definition) is 7. The van der Waals surface area contributed by atoms with E-state index in [0.29, 0.717) is 38.9 Å². The third-order valence-corrected chi connectivity index (χ3v) is 5.11. The van der Waals surface area contributed by atoms with Crippen molar-refractivity contribution in [1.29, 1.82) is 0 Å². The smallest absolute Gasteiger partial charge is 0.412 e. The summed E-state index contributed by atoms with van der Waals surface area (Å²) in [7, 11) is 1.65. The minimum atomic E-state index is -1.32. The number of ether oxygens (including phenoxy) is 5. The Morgan fingerprint density at radius 3 is 2.14 bits per heavy atom. The highest BCUT2D eigenvalue weighted by Crippen LogP contribution is 2.32. The van der Waals surface area contributed by atoms with Gasteiger partial charge in [0.2, 0.25) is 0 Å². The normalized spacial score (nSPS) is 28.4. The molecule has 156 valence electrons. The standard InChI is InChI=1S/C21H32N2O5/c1-24-20-8-5-16(6-9-20)11-19(23)7-4-18-14-27-21(28-15-18)25-12-17(13-26-21)3-2-10-22/h5-6,8-9,11,17-18H,2-4,7,10,12-15,22-23H2,1H3. The minimum Gasteiger partial charge on any atom is -0.497 e. The van der Waals surface area contributed by atoms with E-state index in [4.69, 9.17) is 35.2 Å². The highest BCUT2D eigenvalue weighted by atomic mass is 17.0. The van der Waals surface area contributed by atoms with Crippen molar-refractivity contribution in [3.05, 3.63) is 35.5 Å². The quantitative estimate of drug-likeness (QED) is 0.701. The van der Waals surface area contributed by atoms with Crippen molar-refractivity contribution in [1.82, 2.24) is 0 Å². The van der Waals surface area contributed by atoms with Crippen LogP contribution in [-0.2, 0) is 18.9 Å². The Morgan fingerprint density at radius 1 is 1.04 bits per heavy atom. The van der Waals surface area contributed by atoms with E-state index in [1.54, 1.807) is 7.11 Å². The van der Waals surface area contributed by atoms with Gasteiger partial charge in [0, 0.05) is 17.5 Å². The predicted octanol–water partition coefficient (Wildman–Crippen LogP) is 2.45. The highest BCUT2D eigenvalue weighted by molar-refractivity contribution is 5.53. The maximum Gasteiger partial charge on any atom is 0.412 e. The van der Waals surface area contributed by atoms with E-state index in [-0.39, 0.29) is 5.92 Å². The van der Waals surface area contributed by atoms with E-state index >= 15 is 0 Å². The lowest BCUT2D eigenvalue weighted by Crippen LogP contribution is -2.53. The van der Waals surface area contributed by atoms with Crippen LogP contribution in [0.1, 0.15) is 31.2 Å². The van der Waals surface area contributed by atoms with Crippen molar-refractivity contribution in [3.63, 3.8) is 0 Å². The van der Waals surface area contributed by atoms with Crippen molar-refractivity contribution < 1.29 is 23.7 Å². The molecule has 1 spiro atoms. The van der Waals surface area contributed by atoms with Crippen molar-refractivity contribution in [2.24, 2.45) is 23.3 Å². The first kappa shape index (κ1) is 21.1. The lowest BCUT2D eigenvalue weighted by molar-refractivity contribution is -0.535. The molecule has 28 heavy (non-hydrogen) atoms. The summed E-state index contributed by atoms with van der Waals surface area (Å²) in [5.74, 6) is 1.44. The van der Waals surface area contributed by atoms with Crippen LogP contribution in [0.15, 0.2) is 30.0 Å². The summed E-state index contributed by atoms with van der Waals surface area (Å²) < 4.78 is 28.2. The number of hydrogen-bond donors (Lipinski definition) is 2. The molecule has 0 aliphatic carbocycles. The second kappa shape index (κ2) is 10.2. The van der Waals surface area contributed by atoms with Gasteiger partial charge in [-0.2, -0.15) is 0 Å². The molecule has 2 fully saturated rings. The molecule has 2 aliphatic rings. The molecule has 1 aromatic rings. The van der Waals surface area contributed by atoms with Crippen LogP contribution in [0.2, 0.25) is 0 Å². The van der Waals surface area contributed by atoms with Gasteiger partial charge < -0.3 is 35.2 Å². The molecular weight excluding hydrogens is 360 g/mol. The Hall–Kier alpha value is -1.64. The molecular formula is C21H32N2O5. The van der Waals surface area contributed by atoms with E-state index in [9.17, 15) is 0 Å². The summed E-state index contributed by atoms with van der Waals surface area (Å²) in [6.07, 6.45) is 4.29. The number of methoxy groups -OCH3 is 1. The van der Waals surface area contributed by atoms with Gasteiger partial charge in [-0.1, -0.05) is 12.1 Å². The number of allylic oxidation sites excluding steroid dienone is 1. The summed E-state index contributed by atoms with van der Waals surface area (Å²) in [6, 6.07) is 7.82. The molecule has 0 saturated carbocycles. The first-order chi connectivity index (χ1) is 13.6. The lowest BCUT2D eigenvalue weighted by atomic mass is 10.0. The average Bonchev–Trinajstić information content (AvgIpc) is 2.74. The minimum absolute atomic E-state index is 0.260. The van der Waals surface area contributed by atoms with Crippen LogP contribution in [0.5, 0.6) is 5.75 Å². The molecule has 1 aromatic carbocycles. The molecule has 2 saturated heterocycles. The fourth-order valence-corrected chi connectivity index (χ4v) is 3.32. The third-order valence-electron chi connectivity index (χ3n) is 5.11. The topological polar surface area (TPSA) is 98.2 Å². The summed E-state index contributed by atoms with van der Waals surface area (Å²) in [5.41, 5.74) is 13.6. The van der Waals surface area contributed by atoms with Gasteiger partial charge in [0.15, 0.2) is 0 Å². The van der Waals surface area contributed by atoms with E-state index in [0.717, 1.165) is 42.7 Å². The van der Waals surface area contributed by atoms with E-state index in [1.165, 1.54) is 0 Å². The van der Waals surface area contributed by atoms with Crippen molar-refractivity contribution in [2.75, 3.05) is 40.1 Å². The predicted molar refractivity (Wildman–Crippen MR) is 106 cm³/mol. The maximum atomic E-state index is 6.17. The first-order valence-corrected chi connectivity index (χ1v) is 9.98. The van der Waals surface area contributed by atoms with Crippen LogP contribution in [0, 0.1) is 11.8 Å². The number of benzene rings is 1. The molecule has 2 heterocycles. The first-order valence-electron chi connectivity index (χ1n) is 9.98. The molecule has 0 unspecified atom stereocenters. The second-order valence-corrected chi connectivity index (χ2v) is 7.44. The molecule has 0 amide bonds. The van der Waals surface area contributed by atoms with Gasteiger partial charge in [-0.15, -0.1) is 0 Å². The zero-order valence-electron chi connectivity index (χ0n) is 16.6. The van der Waals surface area contributed by atoms with Crippen molar-refractivity contribution in [3.8, 4) is 5.75 Å². The largest absolute Gasteiger partial charge is 0.497 e. The van der Waals surface area contributed by atoms with Gasteiger partial charge >= 0.3 is 6.16 Å². The monoisotopic (exact) mass is 392 g/mol. The fraction of sp³-hybridized carbons (Fsp3) is 0.619. The van der Waals surface area contributed by atoms with E-state index in [2.05, 4.69) is 0 Å². The van der Waals surface area contributed by atoms with Gasteiger partial charge in [0.25, 0.3) is 0 Å². The van der Waals surface area contributed by atoms with E-state index < -0.39 is 6.16 Å². The Bertz CT molecular complexity index is 616. The molecule has 0 bridgehead atoms. The lowest BCUT2D eigenvalue weighted by Gasteiger charge is -2.42. The average molecular weight is 392 g/mol. The molecule has 7 heteroatoms. The SMILES string of the molecule is COc1ccc(C=C(N)CCC2COC3(OCC(CCCN)CO3)OC2)cc1. The highest BCUT2D eigenvalue weighted by Gasteiger charge is 2.44. The van der Waals surface area contributed by atoms with Crippen LogP contribution < -0.4 is 16.2 Å².